The fraction of sp³-hybridized carbons (Fsp3) is 0.200. The van der Waals surface area contributed by atoms with Crippen LogP contribution < -0.4 is 80.9 Å². The molecule has 18 heavy (non-hydrogen) atoms. The summed E-state index contributed by atoms with van der Waals surface area (Å²) in [5, 5.41) is 0. The Kier molecular flexibility index (Phi) is 11.1. The Bertz CT molecular complexity index is 375. The van der Waals surface area contributed by atoms with Crippen LogP contribution in [0.15, 0.2) is 24.3 Å². The van der Waals surface area contributed by atoms with Crippen LogP contribution in [0.4, 0.5) is 0 Å². The summed E-state index contributed by atoms with van der Waals surface area (Å²) in [6.07, 6.45) is 0. The smallest absolute Gasteiger partial charge is 0.339 e. The SMILES string of the molecule is NC(N)=[NH+]Cc1cccc(C[NH+]=C(N)N)c1.[I-].[I-]. The number of nitrogens with two attached hydrogens (primary N) is 4. The molecule has 6 nitrogen and oxygen atoms in total. The maximum Gasteiger partial charge on any atom is 0.339 e. The first-order chi connectivity index (χ1) is 7.58. The molecule has 0 aliphatic carbocycles. The molecule has 0 atom stereocenters. The van der Waals surface area contributed by atoms with Gasteiger partial charge in [-0.1, -0.05) is 18.2 Å². The van der Waals surface area contributed by atoms with E-state index in [4.69, 9.17) is 22.9 Å². The highest BCUT2D eigenvalue weighted by atomic mass is 127. The van der Waals surface area contributed by atoms with Crippen LogP contribution in [0.5, 0.6) is 0 Å². The highest BCUT2D eigenvalue weighted by molar-refractivity contribution is 5.69. The summed E-state index contributed by atoms with van der Waals surface area (Å²) in [4.78, 5) is 5.70. The summed E-state index contributed by atoms with van der Waals surface area (Å²) in [5.74, 6) is 0.422. The lowest BCUT2D eigenvalue weighted by molar-refractivity contribution is -0.478. The first-order valence-electron chi connectivity index (χ1n) is 4.89. The number of rotatable bonds is 4. The summed E-state index contributed by atoms with van der Waals surface area (Å²) >= 11 is 0. The Hall–Kier alpha value is -0.780. The average Bonchev–Trinajstić information content (AvgIpc) is 2.24. The maximum atomic E-state index is 5.31. The van der Waals surface area contributed by atoms with E-state index in [1.54, 1.807) is 0 Å². The fourth-order valence-corrected chi connectivity index (χ4v) is 1.26. The van der Waals surface area contributed by atoms with Gasteiger partial charge < -0.3 is 48.0 Å². The number of hydrogen-bond donors (Lipinski definition) is 6. The minimum absolute atomic E-state index is 0. The molecule has 1 aromatic rings. The lowest BCUT2D eigenvalue weighted by Crippen LogP contribution is -3.00. The molecular weight excluding hydrogens is 458 g/mol. The second kappa shape index (κ2) is 10.2. The first-order valence-corrected chi connectivity index (χ1v) is 4.89. The van der Waals surface area contributed by atoms with Gasteiger partial charge in [0.05, 0.1) is 13.1 Å². The molecule has 0 saturated carbocycles. The Labute approximate surface area is 140 Å². The van der Waals surface area contributed by atoms with Crippen molar-refractivity contribution in [2.75, 3.05) is 0 Å². The monoisotopic (exact) mass is 476 g/mol. The summed E-state index contributed by atoms with van der Waals surface area (Å²) < 4.78 is 0. The normalized spacial score (nSPS) is 8.44. The first kappa shape index (κ1) is 19.6. The van der Waals surface area contributed by atoms with Crippen molar-refractivity contribution in [3.63, 3.8) is 0 Å². The molecule has 0 unspecified atom stereocenters. The molecule has 1 aromatic carbocycles. The predicted molar refractivity (Wildman–Crippen MR) is 62.5 cm³/mol. The van der Waals surface area contributed by atoms with Crippen molar-refractivity contribution in [1.29, 1.82) is 0 Å². The minimum Gasteiger partial charge on any atom is -1.00 e. The van der Waals surface area contributed by atoms with E-state index >= 15 is 0 Å². The third-order valence-corrected chi connectivity index (χ3v) is 1.98. The Morgan fingerprint density at radius 3 is 1.56 bits per heavy atom. The van der Waals surface area contributed by atoms with E-state index in [0.29, 0.717) is 13.1 Å². The fourth-order valence-electron chi connectivity index (χ4n) is 1.26. The zero-order valence-electron chi connectivity index (χ0n) is 9.79. The molecule has 0 aliphatic rings. The van der Waals surface area contributed by atoms with Crippen LogP contribution in [-0.2, 0) is 13.1 Å². The van der Waals surface area contributed by atoms with Crippen LogP contribution in [0.1, 0.15) is 11.1 Å². The van der Waals surface area contributed by atoms with E-state index in [2.05, 4.69) is 9.98 Å². The van der Waals surface area contributed by atoms with Crippen LogP contribution in [0.25, 0.3) is 0 Å². The van der Waals surface area contributed by atoms with Gasteiger partial charge in [-0.25, -0.2) is 0 Å². The van der Waals surface area contributed by atoms with Gasteiger partial charge in [-0.2, -0.15) is 0 Å². The topological polar surface area (TPSA) is 132 Å². The zero-order valence-corrected chi connectivity index (χ0v) is 14.1. The van der Waals surface area contributed by atoms with Crippen molar-refractivity contribution < 1.29 is 57.9 Å². The molecule has 10 N–H and O–H groups in total. The van der Waals surface area contributed by atoms with Crippen LogP contribution in [0.2, 0.25) is 0 Å². The lowest BCUT2D eigenvalue weighted by Gasteiger charge is -1.99. The standard InChI is InChI=1S/C10H16N6.2HI/c11-9(12)15-5-7-2-1-3-8(4-7)6-16-10(13)14;;/h1-4H,5-6H2,(H4,11,12,15)(H4,13,14,16);2*1H. The maximum absolute atomic E-state index is 5.31. The Morgan fingerprint density at radius 1 is 0.833 bits per heavy atom. The zero-order chi connectivity index (χ0) is 12.0. The number of guanidine groups is 2. The molecule has 102 valence electrons. The molecule has 0 heterocycles. The van der Waals surface area contributed by atoms with Gasteiger partial charge in [0, 0.05) is 0 Å². The number of hydrogen-bond acceptors (Lipinski definition) is 0. The van der Waals surface area contributed by atoms with E-state index in [9.17, 15) is 0 Å². The number of halogens is 2. The predicted octanol–water partition coefficient (Wildman–Crippen LogP) is -10.6. The van der Waals surface area contributed by atoms with E-state index in [1.807, 2.05) is 24.3 Å². The third-order valence-electron chi connectivity index (χ3n) is 1.98. The number of nitrogens with one attached hydrogen (secondary N) is 2. The second-order valence-electron chi connectivity index (χ2n) is 3.44. The summed E-state index contributed by atoms with van der Waals surface area (Å²) in [6.45, 7) is 1.19. The van der Waals surface area contributed by atoms with Gasteiger partial charge in [0.1, 0.15) is 0 Å². The molecule has 0 aliphatic heterocycles. The third kappa shape index (κ3) is 8.33. The Morgan fingerprint density at radius 2 is 1.22 bits per heavy atom. The van der Waals surface area contributed by atoms with Gasteiger partial charge in [0.25, 0.3) is 0 Å². The van der Waals surface area contributed by atoms with E-state index in [1.165, 1.54) is 0 Å². The molecule has 0 bridgehead atoms. The molecule has 0 radical (unpaired) electrons. The summed E-state index contributed by atoms with van der Waals surface area (Å²) in [5.41, 5.74) is 23.4. The summed E-state index contributed by atoms with van der Waals surface area (Å²) in [7, 11) is 0. The van der Waals surface area contributed by atoms with Crippen LogP contribution in [0, 0.1) is 0 Å². The quantitative estimate of drug-likeness (QED) is 0.146. The van der Waals surface area contributed by atoms with Gasteiger partial charge in [-0.05, 0) is 17.2 Å². The van der Waals surface area contributed by atoms with Gasteiger partial charge in [0.15, 0.2) is 0 Å². The van der Waals surface area contributed by atoms with Gasteiger partial charge in [0.2, 0.25) is 0 Å². The van der Waals surface area contributed by atoms with E-state index in [-0.39, 0.29) is 59.9 Å². The number of benzene rings is 1. The molecule has 0 saturated heterocycles. The van der Waals surface area contributed by atoms with Crippen molar-refractivity contribution >= 4 is 11.9 Å². The minimum atomic E-state index is 0. The molecule has 0 amide bonds. The van der Waals surface area contributed by atoms with Crippen molar-refractivity contribution in [2.45, 2.75) is 13.1 Å². The van der Waals surface area contributed by atoms with Crippen LogP contribution >= 0.6 is 0 Å². The van der Waals surface area contributed by atoms with Crippen molar-refractivity contribution in [2.24, 2.45) is 22.9 Å². The van der Waals surface area contributed by atoms with Crippen molar-refractivity contribution in [1.82, 2.24) is 0 Å². The Balaban J connectivity index is 0. The van der Waals surface area contributed by atoms with E-state index in [0.717, 1.165) is 11.1 Å². The molecule has 0 aromatic heterocycles. The largest absolute Gasteiger partial charge is 1.00 e. The highest BCUT2D eigenvalue weighted by Crippen LogP contribution is 2.01. The molecule has 0 spiro atoms. The van der Waals surface area contributed by atoms with Gasteiger partial charge in [-0.15, -0.1) is 0 Å². The summed E-state index contributed by atoms with van der Waals surface area (Å²) in [6, 6.07) is 7.93. The van der Waals surface area contributed by atoms with Crippen molar-refractivity contribution in [3.8, 4) is 0 Å². The molecular formula is C10H18I2N6. The van der Waals surface area contributed by atoms with Gasteiger partial charge >= 0.3 is 11.9 Å². The highest BCUT2D eigenvalue weighted by Gasteiger charge is 1.97. The second-order valence-corrected chi connectivity index (χ2v) is 3.44. The van der Waals surface area contributed by atoms with E-state index < -0.39 is 0 Å². The molecule has 1 rings (SSSR count). The van der Waals surface area contributed by atoms with Crippen molar-refractivity contribution in [3.05, 3.63) is 35.4 Å². The average molecular weight is 476 g/mol. The molecule has 8 heteroatoms. The van der Waals surface area contributed by atoms with Crippen LogP contribution in [0.3, 0.4) is 0 Å². The van der Waals surface area contributed by atoms with Crippen LogP contribution in [-0.4, -0.2) is 11.9 Å². The lowest BCUT2D eigenvalue weighted by atomic mass is 10.1. The van der Waals surface area contributed by atoms with Gasteiger partial charge in [-0.3, -0.25) is 32.9 Å². The molecule has 0 fully saturated rings.